The third-order valence-corrected chi connectivity index (χ3v) is 16.0. The van der Waals surface area contributed by atoms with Gasteiger partial charge < -0.3 is 19.3 Å². The summed E-state index contributed by atoms with van der Waals surface area (Å²) in [6, 6.07) is 25.4. The molecule has 0 bridgehead atoms. The number of benzene rings is 4. The maximum Gasteiger partial charge on any atom is 0.501 e. The van der Waals surface area contributed by atoms with Crippen LogP contribution in [0, 0.1) is 0 Å². The van der Waals surface area contributed by atoms with Crippen LogP contribution in [0.3, 0.4) is 0 Å². The summed E-state index contributed by atoms with van der Waals surface area (Å²) in [7, 11) is -10.9. The lowest BCUT2D eigenvalue weighted by molar-refractivity contribution is -0.0436. The molecule has 66 heavy (non-hydrogen) atoms. The van der Waals surface area contributed by atoms with Gasteiger partial charge in [0.1, 0.15) is 4.90 Å². The number of hydrogen-bond donors (Lipinski definition) is 1. The first-order valence-electron chi connectivity index (χ1n) is 22.0. The third-order valence-electron chi connectivity index (χ3n) is 12.2. The summed E-state index contributed by atoms with van der Waals surface area (Å²) in [5.41, 5.74) is -1.44. The van der Waals surface area contributed by atoms with Gasteiger partial charge in [0, 0.05) is 85.3 Å². The van der Waals surface area contributed by atoms with E-state index < -0.39 is 52.8 Å². The zero-order valence-electron chi connectivity index (χ0n) is 36.5. The van der Waals surface area contributed by atoms with Gasteiger partial charge in [-0.25, -0.2) is 22.0 Å². The van der Waals surface area contributed by atoms with Crippen LogP contribution in [0.5, 0.6) is 0 Å². The minimum atomic E-state index is -6.24. The lowest BCUT2D eigenvalue weighted by Gasteiger charge is -2.37. The highest BCUT2D eigenvalue weighted by Gasteiger charge is 2.49. The first-order chi connectivity index (χ1) is 31.6. The number of hydrogen-bond acceptors (Lipinski definition) is 11. The molecule has 0 spiro atoms. The van der Waals surface area contributed by atoms with Crippen molar-refractivity contribution in [1.29, 1.82) is 0 Å². The Bertz CT molecular complexity index is 2520. The van der Waals surface area contributed by atoms with Gasteiger partial charge in [-0.15, -0.1) is 11.8 Å². The number of alkyl halides is 3. The van der Waals surface area contributed by atoms with Crippen LogP contribution in [0.4, 0.5) is 24.5 Å². The predicted molar refractivity (Wildman–Crippen MR) is 253 cm³/mol. The van der Waals surface area contributed by atoms with Crippen LogP contribution in [-0.2, 0) is 29.3 Å². The molecule has 3 aliphatic rings. The first-order valence-corrected chi connectivity index (χ1v) is 26.4. The first kappa shape index (κ1) is 49.9. The summed E-state index contributed by atoms with van der Waals surface area (Å²) < 4.78 is 107. The molecule has 7 rings (SSSR count). The van der Waals surface area contributed by atoms with E-state index in [-0.39, 0.29) is 17.7 Å². The number of piperazine rings is 1. The Morgan fingerprint density at radius 3 is 2.08 bits per heavy atom. The standard InChI is InChI=1S/C47H55ClF3N5O7S3/c48-38-14-10-35(11-15-38)43-9-5-4-6-37(43)33-54-22-24-55(25-23-54)39-16-12-36(13-17-39)46(57)56(44-19-18-42(66(52,60)61)32-45(44)65(58,59)47(49,50)51)40(34-64-41-7-2-1-3-8-41)20-21-53-26-28-62-30-31-63-29-27-53/h1-3,7-8,10-19,32,40H,4-6,9,20-31,33-34H2,(H2,52,60,61)/t40-/m1/s1. The maximum atomic E-state index is 15.1. The number of sulfone groups is 1. The second kappa shape index (κ2) is 22.4. The number of sulfonamides is 1. The number of rotatable bonds is 15. The monoisotopic (exact) mass is 989 g/mol. The Hall–Kier alpha value is -3.98. The fraction of sp³-hybridized carbons (Fsp3) is 0.426. The zero-order chi connectivity index (χ0) is 46.9. The van der Waals surface area contributed by atoms with Gasteiger partial charge in [-0.05, 0) is 110 Å². The predicted octanol–water partition coefficient (Wildman–Crippen LogP) is 7.98. The number of carbonyl (C=O) groups excluding carboxylic acids is 1. The van der Waals surface area contributed by atoms with Gasteiger partial charge in [0.2, 0.25) is 10.0 Å². The number of ether oxygens (including phenoxy) is 2. The highest BCUT2D eigenvalue weighted by Crippen LogP contribution is 2.40. The molecule has 12 nitrogen and oxygen atoms in total. The second-order valence-electron chi connectivity index (χ2n) is 16.5. The third kappa shape index (κ3) is 12.8. The number of carbonyl (C=O) groups is 1. The lowest BCUT2D eigenvalue weighted by Crippen LogP contribution is -2.47. The number of anilines is 2. The summed E-state index contributed by atoms with van der Waals surface area (Å²) in [6.45, 7) is 7.00. The van der Waals surface area contributed by atoms with Crippen molar-refractivity contribution in [2.24, 2.45) is 5.14 Å². The van der Waals surface area contributed by atoms with Crippen molar-refractivity contribution < 1.29 is 44.3 Å². The highest BCUT2D eigenvalue weighted by atomic mass is 35.5. The van der Waals surface area contributed by atoms with Gasteiger partial charge in [-0.1, -0.05) is 47.5 Å². The molecule has 0 saturated carbocycles. The van der Waals surface area contributed by atoms with Gasteiger partial charge >= 0.3 is 5.51 Å². The quantitative estimate of drug-likeness (QED) is 0.116. The molecule has 1 amide bonds. The Labute approximate surface area is 394 Å². The number of primary sulfonamides is 1. The van der Waals surface area contributed by atoms with Crippen molar-refractivity contribution in [3.63, 3.8) is 0 Å². The minimum Gasteiger partial charge on any atom is -0.378 e. The smallest absolute Gasteiger partial charge is 0.378 e. The van der Waals surface area contributed by atoms with E-state index in [9.17, 15) is 30.0 Å². The van der Waals surface area contributed by atoms with Crippen molar-refractivity contribution in [3.8, 4) is 0 Å². The van der Waals surface area contributed by atoms with E-state index in [0.717, 1.165) is 86.0 Å². The summed E-state index contributed by atoms with van der Waals surface area (Å²) in [6.07, 6.45) is 4.59. The van der Waals surface area contributed by atoms with Crippen molar-refractivity contribution in [1.82, 2.24) is 9.80 Å². The van der Waals surface area contributed by atoms with Crippen molar-refractivity contribution in [2.75, 3.05) is 94.3 Å². The fourth-order valence-corrected chi connectivity index (χ4v) is 11.3. The number of thioether (sulfide) groups is 1. The molecule has 0 aromatic heterocycles. The zero-order valence-corrected chi connectivity index (χ0v) is 39.7. The van der Waals surface area contributed by atoms with Crippen LogP contribution in [0.15, 0.2) is 117 Å². The van der Waals surface area contributed by atoms with Crippen LogP contribution in [0.2, 0.25) is 5.02 Å². The van der Waals surface area contributed by atoms with E-state index in [1.807, 2.05) is 42.5 Å². The normalized spacial score (nSPS) is 18.0. The number of nitrogens with two attached hydrogens (primary N) is 1. The molecule has 2 aliphatic heterocycles. The molecule has 2 fully saturated rings. The number of nitrogens with zero attached hydrogens (tertiary/aromatic N) is 4. The average Bonchev–Trinajstić information content (AvgIpc) is 3.44. The van der Waals surface area contributed by atoms with Gasteiger partial charge in [0.25, 0.3) is 15.7 Å². The van der Waals surface area contributed by atoms with Gasteiger partial charge in [-0.2, -0.15) is 13.2 Å². The number of allylic oxidation sites excluding steroid dienone is 1. The van der Waals surface area contributed by atoms with E-state index in [2.05, 4.69) is 26.8 Å². The van der Waals surface area contributed by atoms with Crippen LogP contribution < -0.4 is 14.9 Å². The van der Waals surface area contributed by atoms with Crippen LogP contribution in [0.25, 0.3) is 5.57 Å². The largest absolute Gasteiger partial charge is 0.501 e. The Kier molecular flexibility index (Phi) is 17.0. The van der Waals surface area contributed by atoms with Crippen molar-refractivity contribution >= 4 is 66.1 Å². The van der Waals surface area contributed by atoms with Crippen LogP contribution in [0.1, 0.15) is 48.0 Å². The SMILES string of the molecule is NS(=O)(=O)c1ccc(N(C(=O)c2ccc(N3CCN(CC4=C(c5ccc(Cl)cc5)CCCC4)CC3)cc2)[C@H](CCN2CCOCCOCC2)CSc2ccccc2)c(S(=O)(=O)C(F)(F)F)c1. The molecule has 2 heterocycles. The molecule has 2 N–H and O–H groups in total. The van der Waals surface area contributed by atoms with Crippen molar-refractivity contribution in [2.45, 2.75) is 58.3 Å². The maximum absolute atomic E-state index is 15.1. The molecule has 4 aromatic carbocycles. The van der Waals surface area contributed by atoms with E-state index in [1.54, 1.807) is 24.3 Å². The van der Waals surface area contributed by atoms with E-state index in [0.29, 0.717) is 57.2 Å². The van der Waals surface area contributed by atoms with Gasteiger partial charge in [-0.3, -0.25) is 14.6 Å². The molecule has 19 heteroatoms. The molecule has 0 radical (unpaired) electrons. The van der Waals surface area contributed by atoms with Gasteiger partial charge in [0.05, 0.1) is 37.0 Å². The molecule has 4 aromatic rings. The molecule has 1 atom stereocenters. The Balaban J connectivity index is 1.19. The average molecular weight is 991 g/mol. The summed E-state index contributed by atoms with van der Waals surface area (Å²) in [5, 5.41) is 6.04. The van der Waals surface area contributed by atoms with E-state index in [1.165, 1.54) is 28.5 Å². The topological polar surface area (TPSA) is 143 Å². The highest BCUT2D eigenvalue weighted by molar-refractivity contribution is 7.99. The molecule has 0 unspecified atom stereocenters. The Morgan fingerprint density at radius 2 is 1.44 bits per heavy atom. The molecular weight excluding hydrogens is 935 g/mol. The summed E-state index contributed by atoms with van der Waals surface area (Å²) in [4.78, 5) is 21.5. The van der Waals surface area contributed by atoms with E-state index >= 15 is 4.79 Å². The van der Waals surface area contributed by atoms with Crippen LogP contribution >= 0.6 is 23.4 Å². The summed E-state index contributed by atoms with van der Waals surface area (Å²) >= 11 is 7.53. The van der Waals surface area contributed by atoms with E-state index in [4.69, 9.17) is 26.2 Å². The van der Waals surface area contributed by atoms with Crippen LogP contribution in [-0.4, -0.2) is 129 Å². The second-order valence-corrected chi connectivity index (χ2v) is 21.5. The molecule has 1 aliphatic carbocycles. The molecular formula is C47H55ClF3N5O7S3. The van der Waals surface area contributed by atoms with Crippen molar-refractivity contribution in [3.05, 3.63) is 119 Å². The van der Waals surface area contributed by atoms with Gasteiger partial charge in [0.15, 0.2) is 0 Å². The molecule has 356 valence electrons. The minimum absolute atomic E-state index is 0.0986. The lowest BCUT2D eigenvalue weighted by atomic mass is 9.87. The summed E-state index contributed by atoms with van der Waals surface area (Å²) in [5.74, 6) is -0.625. The Morgan fingerprint density at radius 1 is 0.788 bits per heavy atom. The fourth-order valence-electron chi connectivity index (χ4n) is 8.58. The molecule has 2 saturated heterocycles. The number of amides is 1. The number of halogens is 4.